The number of likely N-dealkylation sites (N-methyl/N-ethyl adjacent to an activating group) is 1. The van der Waals surface area contributed by atoms with Gasteiger partial charge in [-0.3, -0.25) is 4.79 Å². The fourth-order valence-electron chi connectivity index (χ4n) is 2.95. The van der Waals surface area contributed by atoms with Crippen LogP contribution in [0.2, 0.25) is 0 Å². The van der Waals surface area contributed by atoms with Gasteiger partial charge in [0.05, 0.1) is 11.4 Å². The molecule has 0 unspecified atom stereocenters. The lowest BCUT2D eigenvalue weighted by molar-refractivity contribution is 0.0777. The zero-order chi connectivity index (χ0) is 20.2. The van der Waals surface area contributed by atoms with Crippen LogP contribution >= 0.6 is 11.3 Å². The molecule has 0 fully saturated rings. The largest absolute Gasteiger partial charge is 0.489 e. The van der Waals surface area contributed by atoms with Gasteiger partial charge in [-0.2, -0.15) is 0 Å². The lowest BCUT2D eigenvalue weighted by atomic mass is 10.1. The van der Waals surface area contributed by atoms with Crippen molar-refractivity contribution in [3.05, 3.63) is 65.3 Å². The number of para-hydroxylation sites is 1. The van der Waals surface area contributed by atoms with Crippen LogP contribution in [0.25, 0.3) is 10.4 Å². The van der Waals surface area contributed by atoms with E-state index in [0.29, 0.717) is 24.6 Å². The van der Waals surface area contributed by atoms with Crippen LogP contribution in [0.1, 0.15) is 9.67 Å². The van der Waals surface area contributed by atoms with Crippen LogP contribution in [0.5, 0.6) is 17.2 Å². The van der Waals surface area contributed by atoms with E-state index in [0.717, 1.165) is 21.9 Å². The minimum Gasteiger partial charge on any atom is -0.489 e. The highest BCUT2D eigenvalue weighted by Gasteiger charge is 2.17. The predicted molar refractivity (Wildman–Crippen MR) is 110 cm³/mol. The summed E-state index contributed by atoms with van der Waals surface area (Å²) in [5.41, 5.74) is 0.976. The van der Waals surface area contributed by atoms with Crippen molar-refractivity contribution in [2.75, 3.05) is 33.4 Å². The molecule has 1 aromatic heterocycles. The zero-order valence-corrected chi connectivity index (χ0v) is 16.7. The molecule has 2 heterocycles. The highest BCUT2D eigenvalue weighted by molar-refractivity contribution is 7.17. The van der Waals surface area contributed by atoms with E-state index in [9.17, 15) is 9.18 Å². The predicted octanol–water partition coefficient (Wildman–Crippen LogP) is 4.48. The smallest absolute Gasteiger partial charge is 0.263 e. The molecular weight excluding hydrogens is 393 g/mol. The van der Waals surface area contributed by atoms with Gasteiger partial charge in [-0.25, -0.2) is 4.39 Å². The molecule has 2 aromatic carbocycles. The maximum absolute atomic E-state index is 13.6. The van der Waals surface area contributed by atoms with Gasteiger partial charge in [0, 0.05) is 11.9 Å². The summed E-state index contributed by atoms with van der Waals surface area (Å²) in [5, 5.41) is 0. The molecule has 0 N–H and O–H groups in total. The van der Waals surface area contributed by atoms with Gasteiger partial charge in [0.1, 0.15) is 19.8 Å². The molecule has 1 amide bonds. The Bertz CT molecular complexity index is 1020. The number of amides is 1. The Morgan fingerprint density at radius 2 is 1.90 bits per heavy atom. The zero-order valence-electron chi connectivity index (χ0n) is 15.9. The molecule has 3 aromatic rings. The lowest BCUT2D eigenvalue weighted by Gasteiger charge is -2.18. The third-order valence-electron chi connectivity index (χ3n) is 4.51. The van der Waals surface area contributed by atoms with Crippen LogP contribution in [0.15, 0.2) is 54.6 Å². The van der Waals surface area contributed by atoms with E-state index < -0.39 is 5.82 Å². The Labute approximate surface area is 172 Å². The quantitative estimate of drug-likeness (QED) is 0.598. The van der Waals surface area contributed by atoms with Crippen molar-refractivity contribution in [1.82, 2.24) is 4.90 Å². The molecule has 0 saturated carbocycles. The maximum atomic E-state index is 13.6. The van der Waals surface area contributed by atoms with Gasteiger partial charge in [-0.15, -0.1) is 11.3 Å². The molecule has 29 heavy (non-hydrogen) atoms. The van der Waals surface area contributed by atoms with E-state index >= 15 is 0 Å². The van der Waals surface area contributed by atoms with E-state index in [-0.39, 0.29) is 18.3 Å². The summed E-state index contributed by atoms with van der Waals surface area (Å²) in [6.45, 7) is 1.65. The Morgan fingerprint density at radius 3 is 2.72 bits per heavy atom. The fraction of sp³-hybridized carbons (Fsp3) is 0.227. The number of hydrogen-bond donors (Lipinski definition) is 0. The molecule has 0 aliphatic carbocycles. The second-order valence-electron chi connectivity index (χ2n) is 6.53. The molecule has 7 heteroatoms. The van der Waals surface area contributed by atoms with Crippen molar-refractivity contribution >= 4 is 17.2 Å². The first kappa shape index (κ1) is 19.3. The summed E-state index contributed by atoms with van der Waals surface area (Å²) < 4.78 is 30.2. The number of nitrogens with zero attached hydrogens (tertiary/aromatic N) is 1. The fourth-order valence-corrected chi connectivity index (χ4v) is 3.95. The van der Waals surface area contributed by atoms with Gasteiger partial charge in [0.25, 0.3) is 5.91 Å². The second kappa shape index (κ2) is 8.53. The topological polar surface area (TPSA) is 48.0 Å². The Hall–Kier alpha value is -3.06. The first-order valence-corrected chi connectivity index (χ1v) is 10.1. The van der Waals surface area contributed by atoms with Crippen molar-refractivity contribution in [1.29, 1.82) is 0 Å². The number of carbonyl (C=O) groups is 1. The third-order valence-corrected chi connectivity index (χ3v) is 5.63. The van der Waals surface area contributed by atoms with Crippen LogP contribution in [0, 0.1) is 5.82 Å². The molecule has 5 nitrogen and oxygen atoms in total. The van der Waals surface area contributed by atoms with Gasteiger partial charge >= 0.3 is 0 Å². The summed E-state index contributed by atoms with van der Waals surface area (Å²) in [7, 11) is 1.70. The summed E-state index contributed by atoms with van der Waals surface area (Å²) in [5.74, 6) is 1.13. The second-order valence-corrected chi connectivity index (χ2v) is 7.61. The number of rotatable bonds is 6. The number of ether oxygens (including phenoxy) is 3. The minimum absolute atomic E-state index is 0.101. The van der Waals surface area contributed by atoms with Gasteiger partial charge in [0.15, 0.2) is 23.1 Å². The SMILES string of the molecule is CN(CCOc1ccccc1F)C(=O)c1ccc(-c2ccc3c(c2)OCCO3)s1. The first-order chi connectivity index (χ1) is 14.1. The van der Waals surface area contributed by atoms with E-state index in [2.05, 4.69) is 0 Å². The molecule has 0 spiro atoms. The summed E-state index contributed by atoms with van der Waals surface area (Å²) in [6, 6.07) is 15.7. The summed E-state index contributed by atoms with van der Waals surface area (Å²) in [4.78, 5) is 15.9. The van der Waals surface area contributed by atoms with Crippen LogP contribution in [0.4, 0.5) is 4.39 Å². The van der Waals surface area contributed by atoms with Crippen molar-refractivity contribution in [2.24, 2.45) is 0 Å². The molecule has 0 radical (unpaired) electrons. The molecule has 1 aliphatic heterocycles. The van der Waals surface area contributed by atoms with Crippen LogP contribution in [0.3, 0.4) is 0 Å². The molecule has 1 aliphatic rings. The van der Waals surface area contributed by atoms with Gasteiger partial charge in [-0.05, 0) is 48.0 Å². The third kappa shape index (κ3) is 4.35. The van der Waals surface area contributed by atoms with Gasteiger partial charge < -0.3 is 19.1 Å². The van der Waals surface area contributed by atoms with Crippen molar-refractivity contribution in [3.63, 3.8) is 0 Å². The first-order valence-electron chi connectivity index (χ1n) is 9.24. The summed E-state index contributed by atoms with van der Waals surface area (Å²) in [6.07, 6.45) is 0. The standard InChI is InChI=1S/C22H20FNO4S/c1-24(10-11-26-17-5-3-2-4-16(17)23)22(25)21-9-8-20(29-21)15-6-7-18-19(14-15)28-13-12-27-18/h2-9,14H,10-13H2,1H3. The highest BCUT2D eigenvalue weighted by atomic mass is 32.1. The Balaban J connectivity index is 1.38. The lowest BCUT2D eigenvalue weighted by Crippen LogP contribution is -2.30. The van der Waals surface area contributed by atoms with Gasteiger partial charge in [-0.1, -0.05) is 12.1 Å². The molecule has 0 saturated heterocycles. The van der Waals surface area contributed by atoms with E-state index in [1.54, 1.807) is 30.1 Å². The number of hydrogen-bond acceptors (Lipinski definition) is 5. The average Bonchev–Trinajstić information content (AvgIpc) is 3.24. The number of fused-ring (bicyclic) bond motifs is 1. The van der Waals surface area contributed by atoms with E-state index in [1.807, 2.05) is 30.3 Å². The maximum Gasteiger partial charge on any atom is 0.263 e. The molecule has 0 atom stereocenters. The average molecular weight is 413 g/mol. The van der Waals surface area contributed by atoms with Crippen LogP contribution in [-0.4, -0.2) is 44.2 Å². The normalized spacial score (nSPS) is 12.5. The highest BCUT2D eigenvalue weighted by Crippen LogP contribution is 2.37. The van der Waals surface area contributed by atoms with E-state index in [4.69, 9.17) is 14.2 Å². The van der Waals surface area contributed by atoms with Crippen LogP contribution < -0.4 is 14.2 Å². The molecule has 150 valence electrons. The monoisotopic (exact) mass is 413 g/mol. The molecule has 4 rings (SSSR count). The van der Waals surface area contributed by atoms with Crippen molar-refractivity contribution < 1.29 is 23.4 Å². The summed E-state index contributed by atoms with van der Waals surface area (Å²) >= 11 is 1.42. The Morgan fingerprint density at radius 1 is 1.10 bits per heavy atom. The number of carbonyl (C=O) groups excluding carboxylic acids is 1. The molecule has 0 bridgehead atoms. The minimum atomic E-state index is -0.413. The van der Waals surface area contributed by atoms with Gasteiger partial charge in [0.2, 0.25) is 0 Å². The van der Waals surface area contributed by atoms with E-state index in [1.165, 1.54) is 17.4 Å². The van der Waals surface area contributed by atoms with Crippen molar-refractivity contribution in [3.8, 4) is 27.7 Å². The van der Waals surface area contributed by atoms with Crippen LogP contribution in [-0.2, 0) is 0 Å². The number of halogens is 1. The Kier molecular flexibility index (Phi) is 5.67. The van der Waals surface area contributed by atoms with Crippen molar-refractivity contribution in [2.45, 2.75) is 0 Å². The molecular formula is C22H20FNO4S. The number of thiophene rings is 1. The number of benzene rings is 2.